The molecule has 0 aliphatic heterocycles. The number of anilines is 1. The van der Waals surface area contributed by atoms with Gasteiger partial charge in [0.25, 0.3) is 0 Å². The van der Waals surface area contributed by atoms with Crippen LogP contribution in [0.25, 0.3) is 0 Å². The molecule has 0 aliphatic rings. The second-order valence-electron chi connectivity index (χ2n) is 4.92. The molecule has 0 atom stereocenters. The number of hydrogen-bond acceptors (Lipinski definition) is 2. The predicted octanol–water partition coefficient (Wildman–Crippen LogP) is 4.07. The van der Waals surface area contributed by atoms with Crippen LogP contribution in [0.4, 0.5) is 5.69 Å². The van der Waals surface area contributed by atoms with Crippen molar-refractivity contribution in [1.82, 2.24) is 5.32 Å². The van der Waals surface area contributed by atoms with Crippen LogP contribution in [-0.4, -0.2) is 20.1 Å². The van der Waals surface area contributed by atoms with Crippen LogP contribution >= 0.6 is 15.9 Å². The summed E-state index contributed by atoms with van der Waals surface area (Å²) in [7, 11) is 2.14. The van der Waals surface area contributed by atoms with Crippen molar-refractivity contribution in [1.29, 1.82) is 0 Å². The van der Waals surface area contributed by atoms with E-state index in [2.05, 4.69) is 87.8 Å². The first-order valence-corrected chi connectivity index (χ1v) is 7.76. The fraction of sp³-hybridized carbons (Fsp3) is 0.294. The first kappa shape index (κ1) is 15.1. The summed E-state index contributed by atoms with van der Waals surface area (Å²) in [5, 5.41) is 3.49. The van der Waals surface area contributed by atoms with Crippen molar-refractivity contribution in [2.45, 2.75) is 13.0 Å². The molecule has 0 fully saturated rings. The van der Waals surface area contributed by atoms with E-state index in [0.29, 0.717) is 0 Å². The fourth-order valence-corrected chi connectivity index (χ4v) is 2.58. The van der Waals surface area contributed by atoms with E-state index in [1.807, 2.05) is 0 Å². The number of nitrogens with one attached hydrogen (secondary N) is 1. The maximum atomic E-state index is 3.50. The molecule has 0 radical (unpaired) electrons. The van der Waals surface area contributed by atoms with Gasteiger partial charge in [-0.1, -0.05) is 46.3 Å². The lowest BCUT2D eigenvalue weighted by Crippen LogP contribution is -2.23. The van der Waals surface area contributed by atoms with E-state index in [4.69, 9.17) is 0 Å². The molecule has 106 valence electrons. The Morgan fingerprint density at radius 3 is 2.60 bits per heavy atom. The molecule has 0 saturated heterocycles. The Balaban J connectivity index is 1.64. The molecule has 2 aromatic rings. The summed E-state index contributed by atoms with van der Waals surface area (Å²) in [6.07, 6.45) is 1.14. The summed E-state index contributed by atoms with van der Waals surface area (Å²) in [6.45, 7) is 3.02. The summed E-state index contributed by atoms with van der Waals surface area (Å²) < 4.78 is 1.14. The highest BCUT2D eigenvalue weighted by molar-refractivity contribution is 9.10. The van der Waals surface area contributed by atoms with Crippen LogP contribution < -0.4 is 10.2 Å². The van der Waals surface area contributed by atoms with Gasteiger partial charge < -0.3 is 10.2 Å². The maximum absolute atomic E-state index is 3.50. The Labute approximate surface area is 129 Å². The van der Waals surface area contributed by atoms with Gasteiger partial charge in [0, 0.05) is 30.3 Å². The van der Waals surface area contributed by atoms with Crippen molar-refractivity contribution in [2.24, 2.45) is 0 Å². The normalized spacial score (nSPS) is 10.5. The average Bonchev–Trinajstić information content (AvgIpc) is 2.48. The molecule has 0 bridgehead atoms. The van der Waals surface area contributed by atoms with E-state index in [0.717, 1.165) is 30.5 Å². The standard InChI is InChI=1S/C17H21BrN2/c1-20(17-9-3-2-4-10-17)12-6-11-19-14-15-7-5-8-16(18)13-15/h2-5,7-10,13,19H,6,11-12,14H2,1H3. The highest BCUT2D eigenvalue weighted by atomic mass is 79.9. The molecule has 0 aliphatic carbocycles. The molecule has 2 rings (SSSR count). The zero-order valence-corrected chi connectivity index (χ0v) is 13.4. The van der Waals surface area contributed by atoms with Gasteiger partial charge in [-0.25, -0.2) is 0 Å². The predicted molar refractivity (Wildman–Crippen MR) is 90.2 cm³/mol. The van der Waals surface area contributed by atoms with Gasteiger partial charge >= 0.3 is 0 Å². The quantitative estimate of drug-likeness (QED) is 0.769. The third-order valence-corrected chi connectivity index (χ3v) is 3.76. The molecule has 20 heavy (non-hydrogen) atoms. The van der Waals surface area contributed by atoms with Crippen LogP contribution in [-0.2, 0) is 6.54 Å². The third-order valence-electron chi connectivity index (χ3n) is 3.26. The molecule has 1 N–H and O–H groups in total. The minimum absolute atomic E-state index is 0.925. The number of nitrogens with zero attached hydrogens (tertiary/aromatic N) is 1. The van der Waals surface area contributed by atoms with Gasteiger partial charge in [-0.15, -0.1) is 0 Å². The van der Waals surface area contributed by atoms with Gasteiger partial charge in [-0.05, 0) is 42.8 Å². The van der Waals surface area contributed by atoms with Crippen LogP contribution in [0.2, 0.25) is 0 Å². The molecule has 0 spiro atoms. The molecule has 3 heteroatoms. The molecule has 0 heterocycles. The van der Waals surface area contributed by atoms with Gasteiger partial charge in [0.05, 0.1) is 0 Å². The summed E-state index contributed by atoms with van der Waals surface area (Å²) in [6, 6.07) is 18.9. The highest BCUT2D eigenvalue weighted by Crippen LogP contribution is 2.12. The van der Waals surface area contributed by atoms with E-state index in [1.54, 1.807) is 0 Å². The maximum Gasteiger partial charge on any atom is 0.0363 e. The monoisotopic (exact) mass is 332 g/mol. The fourth-order valence-electron chi connectivity index (χ4n) is 2.13. The first-order valence-electron chi connectivity index (χ1n) is 6.97. The minimum atomic E-state index is 0.925. The van der Waals surface area contributed by atoms with Crippen LogP contribution in [0, 0.1) is 0 Å². The minimum Gasteiger partial charge on any atom is -0.375 e. The van der Waals surface area contributed by atoms with Crippen LogP contribution in [0.5, 0.6) is 0 Å². The first-order chi connectivity index (χ1) is 9.75. The van der Waals surface area contributed by atoms with Gasteiger partial charge in [0.1, 0.15) is 0 Å². The summed E-state index contributed by atoms with van der Waals surface area (Å²) in [5.74, 6) is 0. The van der Waals surface area contributed by atoms with E-state index >= 15 is 0 Å². The molecular weight excluding hydrogens is 312 g/mol. The van der Waals surface area contributed by atoms with Crippen molar-refractivity contribution in [3.8, 4) is 0 Å². The second-order valence-corrected chi connectivity index (χ2v) is 5.83. The molecule has 0 unspecified atom stereocenters. The van der Waals surface area contributed by atoms with E-state index < -0.39 is 0 Å². The van der Waals surface area contributed by atoms with Gasteiger partial charge in [0.15, 0.2) is 0 Å². The Kier molecular flexibility index (Phi) is 6.09. The summed E-state index contributed by atoms with van der Waals surface area (Å²) in [4.78, 5) is 2.29. The number of para-hydroxylation sites is 1. The largest absolute Gasteiger partial charge is 0.375 e. The SMILES string of the molecule is CN(CCCNCc1cccc(Br)c1)c1ccccc1. The molecular formula is C17H21BrN2. The van der Waals surface area contributed by atoms with Crippen molar-refractivity contribution in [3.63, 3.8) is 0 Å². The lowest BCUT2D eigenvalue weighted by atomic mass is 10.2. The van der Waals surface area contributed by atoms with Crippen LogP contribution in [0.15, 0.2) is 59.1 Å². The van der Waals surface area contributed by atoms with Crippen molar-refractivity contribution < 1.29 is 0 Å². The van der Waals surface area contributed by atoms with Crippen molar-refractivity contribution in [2.75, 3.05) is 25.0 Å². The van der Waals surface area contributed by atoms with E-state index in [-0.39, 0.29) is 0 Å². The third kappa shape index (κ3) is 4.99. The van der Waals surface area contributed by atoms with Gasteiger partial charge in [-0.3, -0.25) is 0 Å². The Bertz CT molecular complexity index is 513. The van der Waals surface area contributed by atoms with Crippen LogP contribution in [0.1, 0.15) is 12.0 Å². The van der Waals surface area contributed by atoms with Gasteiger partial charge in [-0.2, -0.15) is 0 Å². The Morgan fingerprint density at radius 1 is 1.05 bits per heavy atom. The smallest absolute Gasteiger partial charge is 0.0363 e. The number of hydrogen-bond donors (Lipinski definition) is 1. The van der Waals surface area contributed by atoms with E-state index in [1.165, 1.54) is 11.3 Å². The number of halogens is 1. The van der Waals surface area contributed by atoms with Crippen LogP contribution in [0.3, 0.4) is 0 Å². The molecule has 0 aromatic heterocycles. The van der Waals surface area contributed by atoms with E-state index in [9.17, 15) is 0 Å². The number of benzene rings is 2. The molecule has 2 aromatic carbocycles. The highest BCUT2D eigenvalue weighted by Gasteiger charge is 1.99. The second kappa shape index (κ2) is 8.08. The number of rotatable bonds is 7. The Morgan fingerprint density at radius 2 is 1.85 bits per heavy atom. The Hall–Kier alpha value is -1.32. The molecule has 0 amide bonds. The van der Waals surface area contributed by atoms with Crippen molar-refractivity contribution >= 4 is 21.6 Å². The van der Waals surface area contributed by atoms with Crippen molar-refractivity contribution in [3.05, 3.63) is 64.6 Å². The van der Waals surface area contributed by atoms with Gasteiger partial charge in [0.2, 0.25) is 0 Å². The lowest BCUT2D eigenvalue weighted by Gasteiger charge is -2.19. The summed E-state index contributed by atoms with van der Waals surface area (Å²) in [5.41, 5.74) is 2.59. The lowest BCUT2D eigenvalue weighted by molar-refractivity contribution is 0.646. The average molecular weight is 333 g/mol. The molecule has 2 nitrogen and oxygen atoms in total. The zero-order chi connectivity index (χ0) is 14.2. The zero-order valence-electron chi connectivity index (χ0n) is 11.8. The topological polar surface area (TPSA) is 15.3 Å². The summed E-state index contributed by atoms with van der Waals surface area (Å²) >= 11 is 3.50. The molecule has 0 saturated carbocycles.